The number of carbonyl (C=O) groups is 2. The molecular weight excluding hydrogens is 490 g/mol. The molecule has 2 aromatic carbocycles. The van der Waals surface area contributed by atoms with Gasteiger partial charge in [-0.3, -0.25) is 14.5 Å². The summed E-state index contributed by atoms with van der Waals surface area (Å²) >= 11 is 9.35. The highest BCUT2D eigenvalue weighted by molar-refractivity contribution is 9.10. The van der Waals surface area contributed by atoms with Gasteiger partial charge < -0.3 is 10.6 Å². The number of benzene rings is 2. The van der Waals surface area contributed by atoms with Crippen molar-refractivity contribution in [2.24, 2.45) is 11.8 Å². The minimum Gasteiger partial charge on any atom is -0.354 e. The van der Waals surface area contributed by atoms with Crippen molar-refractivity contribution in [3.05, 3.63) is 69.2 Å². The molecule has 2 aromatic rings. The maximum Gasteiger partial charge on any atom is 0.251 e. The van der Waals surface area contributed by atoms with Crippen LogP contribution >= 0.6 is 27.5 Å². The molecule has 1 unspecified atom stereocenters. The Labute approximate surface area is 204 Å². The predicted octanol–water partition coefficient (Wildman–Crippen LogP) is 4.89. The first kappa shape index (κ1) is 24.7. The number of nitrogens with one attached hydrogen (secondary N) is 2. The highest BCUT2D eigenvalue weighted by atomic mass is 79.9. The van der Waals surface area contributed by atoms with Crippen LogP contribution in [0.3, 0.4) is 0 Å². The number of rotatable bonds is 8. The summed E-state index contributed by atoms with van der Waals surface area (Å²) in [5, 5.41) is 6.73. The zero-order chi connectivity index (χ0) is 23.1. The molecule has 0 radical (unpaired) electrons. The molecule has 2 amide bonds. The lowest BCUT2D eigenvalue weighted by molar-refractivity contribution is -0.124. The molecule has 1 fully saturated rings. The van der Waals surface area contributed by atoms with Crippen LogP contribution in [0.15, 0.2) is 53.0 Å². The van der Waals surface area contributed by atoms with Crippen molar-refractivity contribution in [1.29, 1.82) is 0 Å². The normalized spacial score (nSPS) is 16.0. The zero-order valence-electron chi connectivity index (χ0n) is 18.6. The summed E-state index contributed by atoms with van der Waals surface area (Å²) in [6.45, 7) is 7.48. The highest BCUT2D eigenvalue weighted by Gasteiger charge is 2.26. The molecule has 1 heterocycles. The van der Waals surface area contributed by atoms with E-state index in [1.54, 1.807) is 12.1 Å². The van der Waals surface area contributed by atoms with Crippen molar-refractivity contribution in [2.75, 3.05) is 19.6 Å². The van der Waals surface area contributed by atoms with Gasteiger partial charge in [-0.15, -0.1) is 0 Å². The Bertz CT molecular complexity index is 912. The molecule has 0 aliphatic carbocycles. The Morgan fingerprint density at radius 1 is 1.12 bits per heavy atom. The fourth-order valence-corrected chi connectivity index (χ4v) is 4.47. The number of hydrogen-bond acceptors (Lipinski definition) is 3. The van der Waals surface area contributed by atoms with Crippen LogP contribution in [0.2, 0.25) is 5.02 Å². The van der Waals surface area contributed by atoms with Gasteiger partial charge in [-0.05, 0) is 73.7 Å². The number of amides is 2. The molecule has 32 heavy (non-hydrogen) atoms. The highest BCUT2D eigenvalue weighted by Crippen LogP contribution is 2.20. The lowest BCUT2D eigenvalue weighted by Crippen LogP contribution is -2.51. The fourth-order valence-electron chi connectivity index (χ4n) is 3.94. The van der Waals surface area contributed by atoms with Gasteiger partial charge in [0.1, 0.15) is 6.04 Å². The SMILES string of the molecule is CC(C)C(NC(=O)c1cccc(Br)c1)C(=O)NCC1CCN(Cc2ccc(Cl)cc2)CC1. The van der Waals surface area contributed by atoms with E-state index in [1.807, 2.05) is 38.1 Å². The third kappa shape index (κ3) is 7.32. The molecule has 172 valence electrons. The fraction of sp³-hybridized carbons (Fsp3) is 0.440. The first-order valence-corrected chi connectivity index (χ1v) is 12.3. The first-order chi connectivity index (χ1) is 15.3. The number of halogens is 2. The second kappa shape index (κ2) is 11.8. The molecular formula is C25H31BrClN3O2. The summed E-state index contributed by atoms with van der Waals surface area (Å²) in [6, 6.07) is 14.6. The van der Waals surface area contributed by atoms with Crippen molar-refractivity contribution in [1.82, 2.24) is 15.5 Å². The van der Waals surface area contributed by atoms with Crippen molar-refractivity contribution < 1.29 is 9.59 Å². The van der Waals surface area contributed by atoms with Crippen molar-refractivity contribution in [2.45, 2.75) is 39.3 Å². The van der Waals surface area contributed by atoms with Crippen LogP contribution in [0.1, 0.15) is 42.6 Å². The van der Waals surface area contributed by atoms with E-state index in [4.69, 9.17) is 11.6 Å². The third-order valence-corrected chi connectivity index (χ3v) is 6.66. The Morgan fingerprint density at radius 3 is 2.44 bits per heavy atom. The third-order valence-electron chi connectivity index (χ3n) is 5.91. The molecule has 0 bridgehead atoms. The van der Waals surface area contributed by atoms with Crippen LogP contribution in [-0.2, 0) is 11.3 Å². The van der Waals surface area contributed by atoms with Crippen LogP contribution in [0, 0.1) is 11.8 Å². The average molecular weight is 521 g/mol. The van der Waals surface area contributed by atoms with Crippen molar-refractivity contribution in [3.63, 3.8) is 0 Å². The summed E-state index contributed by atoms with van der Waals surface area (Å²) < 4.78 is 0.832. The van der Waals surface area contributed by atoms with E-state index in [0.29, 0.717) is 18.0 Å². The van der Waals surface area contributed by atoms with Crippen LogP contribution in [0.5, 0.6) is 0 Å². The molecule has 0 spiro atoms. The number of piperidine rings is 1. The van der Waals surface area contributed by atoms with E-state index >= 15 is 0 Å². The Morgan fingerprint density at radius 2 is 1.81 bits per heavy atom. The van der Waals surface area contributed by atoms with Gasteiger partial charge in [-0.2, -0.15) is 0 Å². The molecule has 0 aromatic heterocycles. The Hall–Kier alpha value is -1.89. The maximum atomic E-state index is 12.8. The molecule has 5 nitrogen and oxygen atoms in total. The van der Waals surface area contributed by atoms with Crippen LogP contribution in [-0.4, -0.2) is 42.4 Å². The minimum atomic E-state index is -0.563. The van der Waals surface area contributed by atoms with E-state index < -0.39 is 6.04 Å². The smallest absolute Gasteiger partial charge is 0.251 e. The van der Waals surface area contributed by atoms with E-state index in [9.17, 15) is 9.59 Å². The second-order valence-electron chi connectivity index (χ2n) is 8.80. The standard InChI is InChI=1S/C25H31BrClN3O2/c1-17(2)23(29-24(31)20-4-3-5-21(26)14-20)25(32)28-15-18-10-12-30(13-11-18)16-19-6-8-22(27)9-7-19/h3-9,14,17-18,23H,10-13,15-16H2,1-2H3,(H,28,32)(H,29,31). The molecule has 1 atom stereocenters. The topological polar surface area (TPSA) is 61.4 Å². The summed E-state index contributed by atoms with van der Waals surface area (Å²) in [5.74, 6) is 0.0870. The van der Waals surface area contributed by atoms with Crippen molar-refractivity contribution in [3.8, 4) is 0 Å². The zero-order valence-corrected chi connectivity index (χ0v) is 21.0. The summed E-state index contributed by atoms with van der Waals surface area (Å²) in [5.41, 5.74) is 1.80. The maximum absolute atomic E-state index is 12.8. The van der Waals surface area contributed by atoms with Gasteiger partial charge in [-0.1, -0.05) is 59.6 Å². The van der Waals surface area contributed by atoms with Gasteiger partial charge in [0.15, 0.2) is 0 Å². The molecule has 0 saturated carbocycles. The summed E-state index contributed by atoms with van der Waals surface area (Å²) in [6.07, 6.45) is 2.09. The Kier molecular flexibility index (Phi) is 9.14. The minimum absolute atomic E-state index is 0.00711. The number of carbonyl (C=O) groups excluding carboxylic acids is 2. The molecule has 1 aliphatic heterocycles. The lowest BCUT2D eigenvalue weighted by Gasteiger charge is -2.32. The quantitative estimate of drug-likeness (QED) is 0.521. The first-order valence-electron chi connectivity index (χ1n) is 11.1. The summed E-state index contributed by atoms with van der Waals surface area (Å²) in [7, 11) is 0. The van der Waals surface area contributed by atoms with Crippen LogP contribution < -0.4 is 10.6 Å². The Balaban J connectivity index is 1.45. The van der Waals surface area contributed by atoms with Gasteiger partial charge in [0.2, 0.25) is 5.91 Å². The molecule has 1 saturated heterocycles. The monoisotopic (exact) mass is 519 g/mol. The largest absolute Gasteiger partial charge is 0.354 e. The molecule has 2 N–H and O–H groups in total. The predicted molar refractivity (Wildman–Crippen MR) is 133 cm³/mol. The van der Waals surface area contributed by atoms with Gasteiger partial charge in [-0.25, -0.2) is 0 Å². The van der Waals surface area contributed by atoms with Gasteiger partial charge in [0.25, 0.3) is 5.91 Å². The van der Waals surface area contributed by atoms with Crippen LogP contribution in [0.4, 0.5) is 0 Å². The van der Waals surface area contributed by atoms with E-state index in [0.717, 1.165) is 42.0 Å². The van der Waals surface area contributed by atoms with Crippen molar-refractivity contribution >= 4 is 39.3 Å². The number of nitrogens with zero attached hydrogens (tertiary/aromatic N) is 1. The van der Waals surface area contributed by atoms with E-state index in [-0.39, 0.29) is 17.7 Å². The number of likely N-dealkylation sites (tertiary alicyclic amines) is 1. The van der Waals surface area contributed by atoms with Gasteiger partial charge in [0.05, 0.1) is 0 Å². The van der Waals surface area contributed by atoms with E-state index in [2.05, 4.69) is 43.6 Å². The molecule has 7 heteroatoms. The second-order valence-corrected chi connectivity index (χ2v) is 10.1. The molecule has 3 rings (SSSR count). The van der Waals surface area contributed by atoms with Gasteiger partial charge >= 0.3 is 0 Å². The van der Waals surface area contributed by atoms with E-state index in [1.165, 1.54) is 5.56 Å². The van der Waals surface area contributed by atoms with Crippen LogP contribution in [0.25, 0.3) is 0 Å². The van der Waals surface area contributed by atoms with Gasteiger partial charge in [0, 0.05) is 28.1 Å². The summed E-state index contributed by atoms with van der Waals surface area (Å²) in [4.78, 5) is 27.9. The lowest BCUT2D eigenvalue weighted by atomic mass is 9.95. The average Bonchev–Trinajstić information content (AvgIpc) is 2.78. The molecule has 1 aliphatic rings. The number of hydrogen-bond donors (Lipinski definition) is 2.